The molecule has 0 aliphatic heterocycles. The minimum absolute atomic E-state index is 0.176. The highest BCUT2D eigenvalue weighted by Crippen LogP contribution is 2.50. The number of aliphatic imine (C=N–C) groups is 1. The Labute approximate surface area is 327 Å². The summed E-state index contributed by atoms with van der Waals surface area (Å²) in [5.41, 5.74) is 15.8. The predicted molar refractivity (Wildman–Crippen MR) is 232 cm³/mol. The van der Waals surface area contributed by atoms with Crippen molar-refractivity contribution in [3.63, 3.8) is 0 Å². The first-order valence-electron chi connectivity index (χ1n) is 18.8. The lowest BCUT2D eigenvalue weighted by molar-refractivity contribution is 0.660. The molecule has 0 heterocycles. The Morgan fingerprint density at radius 3 is 1.57 bits per heavy atom. The number of hydrazone groups is 1. The molecule has 0 saturated carbocycles. The minimum atomic E-state index is -0.176. The lowest BCUT2D eigenvalue weighted by Crippen LogP contribution is -2.15. The number of hydrogen-bond acceptors (Lipinski definition) is 3. The fourth-order valence-corrected chi connectivity index (χ4v) is 8.09. The van der Waals surface area contributed by atoms with Crippen LogP contribution < -0.4 is 5.84 Å². The Hall–Kier alpha value is -7.35. The lowest BCUT2D eigenvalue weighted by Gasteiger charge is -2.22. The Kier molecular flexibility index (Phi) is 8.69. The average molecular weight is 719 g/mol. The Morgan fingerprint density at radius 1 is 0.500 bits per heavy atom. The molecule has 4 heteroatoms. The van der Waals surface area contributed by atoms with Crippen molar-refractivity contribution in [3.8, 4) is 50.6 Å². The van der Waals surface area contributed by atoms with Crippen LogP contribution in [0.5, 0.6) is 0 Å². The fourth-order valence-electron chi connectivity index (χ4n) is 8.09. The van der Waals surface area contributed by atoms with Crippen LogP contribution in [-0.4, -0.2) is 11.5 Å². The maximum Gasteiger partial charge on any atom is 0.179 e. The second-order valence-corrected chi connectivity index (χ2v) is 14.8. The van der Waals surface area contributed by atoms with Crippen molar-refractivity contribution in [1.29, 1.82) is 5.26 Å². The smallest absolute Gasteiger partial charge is 0.179 e. The molecule has 0 saturated heterocycles. The van der Waals surface area contributed by atoms with E-state index in [2.05, 4.69) is 122 Å². The van der Waals surface area contributed by atoms with E-state index in [-0.39, 0.29) is 5.41 Å². The summed E-state index contributed by atoms with van der Waals surface area (Å²) in [6, 6.07) is 65.7. The van der Waals surface area contributed by atoms with Gasteiger partial charge in [-0.15, -0.1) is 0 Å². The van der Waals surface area contributed by atoms with Gasteiger partial charge in [-0.2, -0.15) is 10.4 Å². The van der Waals surface area contributed by atoms with Gasteiger partial charge in [-0.3, -0.25) is 0 Å². The number of hydrogen-bond donors (Lipinski definition) is 1. The van der Waals surface area contributed by atoms with Gasteiger partial charge >= 0.3 is 0 Å². The van der Waals surface area contributed by atoms with Crippen LogP contribution in [-0.2, 0) is 5.41 Å². The van der Waals surface area contributed by atoms with Gasteiger partial charge in [-0.05, 0) is 85.1 Å². The van der Waals surface area contributed by atoms with Crippen LogP contribution in [0, 0.1) is 11.3 Å². The van der Waals surface area contributed by atoms with Gasteiger partial charge in [-0.1, -0.05) is 172 Å². The van der Waals surface area contributed by atoms with Crippen molar-refractivity contribution in [2.75, 3.05) is 0 Å². The van der Waals surface area contributed by atoms with Gasteiger partial charge in [0.25, 0.3) is 0 Å². The first kappa shape index (κ1) is 34.4. The first-order chi connectivity index (χ1) is 27.4. The molecule has 8 aromatic carbocycles. The molecule has 1 aliphatic rings. The summed E-state index contributed by atoms with van der Waals surface area (Å²) in [6.45, 7) is 4.51. The maximum absolute atomic E-state index is 9.83. The highest BCUT2D eigenvalue weighted by molar-refractivity contribution is 6.19. The molecule has 8 aromatic rings. The van der Waals surface area contributed by atoms with Gasteiger partial charge < -0.3 is 5.84 Å². The van der Waals surface area contributed by atoms with E-state index in [0.29, 0.717) is 5.84 Å². The van der Waals surface area contributed by atoms with Gasteiger partial charge in [0.2, 0.25) is 0 Å². The minimum Gasteiger partial charge on any atom is -0.321 e. The molecule has 0 radical (unpaired) electrons. The van der Waals surface area contributed by atoms with Crippen LogP contribution in [0.2, 0.25) is 0 Å². The van der Waals surface area contributed by atoms with E-state index in [1.807, 2.05) is 84.9 Å². The molecule has 0 atom stereocenters. The monoisotopic (exact) mass is 718 g/mol. The van der Waals surface area contributed by atoms with Crippen LogP contribution in [0.25, 0.3) is 55.3 Å². The molecule has 0 aromatic heterocycles. The molecule has 2 N–H and O–H groups in total. The van der Waals surface area contributed by atoms with Crippen LogP contribution in [0.3, 0.4) is 0 Å². The third-order valence-corrected chi connectivity index (χ3v) is 11.1. The maximum atomic E-state index is 9.83. The van der Waals surface area contributed by atoms with E-state index < -0.39 is 0 Å². The molecule has 0 unspecified atom stereocenters. The molecule has 266 valence electrons. The van der Waals surface area contributed by atoms with E-state index in [0.717, 1.165) is 55.8 Å². The summed E-state index contributed by atoms with van der Waals surface area (Å²) in [5, 5.41) is 16.3. The highest BCUT2D eigenvalue weighted by Gasteiger charge is 2.37. The molecule has 56 heavy (non-hydrogen) atoms. The van der Waals surface area contributed by atoms with Crippen molar-refractivity contribution in [2.45, 2.75) is 19.3 Å². The Balaban J connectivity index is 0.974. The fraction of sp³-hybridized carbons (Fsp3) is 0.0577. The van der Waals surface area contributed by atoms with E-state index in [1.54, 1.807) is 0 Å². The van der Waals surface area contributed by atoms with Crippen molar-refractivity contribution in [1.82, 2.24) is 0 Å². The van der Waals surface area contributed by atoms with E-state index in [1.165, 1.54) is 38.6 Å². The van der Waals surface area contributed by atoms with Gasteiger partial charge in [0.1, 0.15) is 0 Å². The van der Waals surface area contributed by atoms with Crippen LogP contribution in [0.1, 0.15) is 47.2 Å². The van der Waals surface area contributed by atoms with E-state index in [9.17, 15) is 5.26 Å². The van der Waals surface area contributed by atoms with Crippen LogP contribution in [0.15, 0.2) is 192 Å². The van der Waals surface area contributed by atoms with Crippen molar-refractivity contribution < 1.29 is 0 Å². The lowest BCUT2D eigenvalue weighted by atomic mass is 9.81. The molecule has 0 amide bonds. The van der Waals surface area contributed by atoms with Gasteiger partial charge in [-0.25, -0.2) is 4.99 Å². The van der Waals surface area contributed by atoms with Crippen molar-refractivity contribution in [2.24, 2.45) is 15.9 Å². The zero-order valence-corrected chi connectivity index (χ0v) is 31.2. The summed E-state index contributed by atoms with van der Waals surface area (Å²) in [6.07, 6.45) is 0. The number of fused-ring (bicyclic) bond motifs is 4. The SMILES string of the molecule is CC1(C)c2cc(-c3ccc(-c4ccc5ccc(-c6ccc(/C(N=C(c7ccccc7)c7ccccc7)=N/N)cc6)cc5c4)cc3)ccc2-c2c(C#N)cccc21. The summed E-state index contributed by atoms with van der Waals surface area (Å²) in [4.78, 5) is 4.97. The molecule has 1 aliphatic carbocycles. The van der Waals surface area contributed by atoms with Gasteiger partial charge in [0, 0.05) is 27.7 Å². The summed E-state index contributed by atoms with van der Waals surface area (Å²) >= 11 is 0. The number of nitrogens with two attached hydrogens (primary N) is 1. The number of benzene rings is 8. The topological polar surface area (TPSA) is 74.5 Å². The second kappa shape index (κ2) is 14.1. The number of nitrogens with zero attached hydrogens (tertiary/aromatic N) is 3. The summed E-state index contributed by atoms with van der Waals surface area (Å²) < 4.78 is 0. The molecular formula is C52H38N4. The Bertz CT molecular complexity index is 2820. The predicted octanol–water partition coefficient (Wildman–Crippen LogP) is 12.2. The van der Waals surface area contributed by atoms with Gasteiger partial charge in [0.15, 0.2) is 5.84 Å². The summed E-state index contributed by atoms with van der Waals surface area (Å²) in [5.74, 6) is 6.41. The Morgan fingerprint density at radius 2 is 1.02 bits per heavy atom. The molecule has 0 spiro atoms. The zero-order valence-electron chi connectivity index (χ0n) is 31.2. The molecule has 9 rings (SSSR count). The number of amidine groups is 1. The molecule has 0 bridgehead atoms. The van der Waals surface area contributed by atoms with Crippen LogP contribution >= 0.6 is 0 Å². The number of rotatable bonds is 6. The first-order valence-corrected chi connectivity index (χ1v) is 18.8. The quantitative estimate of drug-likeness (QED) is 0.0804. The van der Waals surface area contributed by atoms with E-state index >= 15 is 0 Å². The highest BCUT2D eigenvalue weighted by atomic mass is 15.2. The third-order valence-electron chi connectivity index (χ3n) is 11.1. The third kappa shape index (κ3) is 6.16. The van der Waals surface area contributed by atoms with Gasteiger partial charge in [0.05, 0.1) is 17.3 Å². The van der Waals surface area contributed by atoms with Crippen LogP contribution in [0.4, 0.5) is 0 Å². The average Bonchev–Trinajstić information content (AvgIpc) is 3.49. The summed E-state index contributed by atoms with van der Waals surface area (Å²) in [7, 11) is 0. The largest absolute Gasteiger partial charge is 0.321 e. The normalized spacial score (nSPS) is 12.8. The second-order valence-electron chi connectivity index (χ2n) is 14.8. The molecule has 0 fully saturated rings. The number of nitriles is 1. The van der Waals surface area contributed by atoms with Crippen molar-refractivity contribution in [3.05, 3.63) is 215 Å². The van der Waals surface area contributed by atoms with Crippen molar-refractivity contribution >= 4 is 22.3 Å². The standard InChI is InChI=1S/C52H38N4/c1-52(2)47-15-9-14-44(33-53)49(47)46-29-28-43(32-48(46)52)36-18-16-34(17-19-36)41-26-22-37-23-27-42(31-45(37)30-41)35-20-24-40(25-21-35)51(56-54)55-50(38-10-5-3-6-11-38)39-12-7-4-8-13-39/h3-32H,54H2,1-2H3/b56-51-. The van der Waals surface area contributed by atoms with E-state index in [4.69, 9.17) is 10.8 Å². The molecule has 4 nitrogen and oxygen atoms in total. The molecular weight excluding hydrogens is 681 g/mol. The zero-order chi connectivity index (χ0) is 38.2.